The molecule has 21 heavy (non-hydrogen) atoms. The lowest BCUT2D eigenvalue weighted by Crippen LogP contribution is -2.37. The Morgan fingerprint density at radius 3 is 2.05 bits per heavy atom. The Hall–Kier alpha value is -0.880. The second-order valence-electron chi connectivity index (χ2n) is 6.00. The maximum absolute atomic E-state index is 12.7. The van der Waals surface area contributed by atoms with E-state index in [1.165, 1.54) is 11.0 Å². The van der Waals surface area contributed by atoms with E-state index in [4.69, 9.17) is 0 Å². The number of fused-ring (bicyclic) bond motifs is 5. The highest BCUT2D eigenvalue weighted by Gasteiger charge is 2.66. The van der Waals surface area contributed by atoms with Crippen LogP contribution in [-0.2, 0) is 9.59 Å². The van der Waals surface area contributed by atoms with Crippen molar-refractivity contribution in [3.63, 3.8) is 0 Å². The van der Waals surface area contributed by atoms with E-state index >= 15 is 0 Å². The number of aromatic hydroxyl groups is 1. The normalized spacial score (nSPS) is 41.0. The number of amides is 2. The second-order valence-corrected chi connectivity index (χ2v) is 8.12. The summed E-state index contributed by atoms with van der Waals surface area (Å²) in [6.45, 7) is 0. The first-order chi connectivity index (χ1) is 10.0. The van der Waals surface area contributed by atoms with Crippen LogP contribution in [0.1, 0.15) is 6.42 Å². The zero-order valence-corrected chi connectivity index (χ0v) is 14.1. The van der Waals surface area contributed by atoms with Crippen LogP contribution in [0.3, 0.4) is 0 Å². The summed E-state index contributed by atoms with van der Waals surface area (Å²) in [5.41, 5.74) is 0.304. The molecule has 1 N–H and O–H groups in total. The number of halogens is 2. The average Bonchev–Trinajstić information content (AvgIpc) is 3.06. The lowest BCUT2D eigenvalue weighted by atomic mass is 9.81. The number of hydrogen-bond acceptors (Lipinski definition) is 3. The number of benzene rings is 1. The van der Waals surface area contributed by atoms with E-state index in [2.05, 4.69) is 31.9 Å². The Morgan fingerprint density at radius 1 is 1.00 bits per heavy atom. The van der Waals surface area contributed by atoms with Crippen LogP contribution in [-0.4, -0.2) is 26.6 Å². The Morgan fingerprint density at radius 2 is 1.52 bits per heavy atom. The summed E-state index contributed by atoms with van der Waals surface area (Å²) >= 11 is 7.31. The number of hydrogen-bond donors (Lipinski definition) is 1. The zero-order chi connectivity index (χ0) is 14.9. The van der Waals surface area contributed by atoms with Crippen molar-refractivity contribution in [3.8, 4) is 5.75 Å². The van der Waals surface area contributed by atoms with Crippen LogP contribution in [0.15, 0.2) is 24.3 Å². The summed E-state index contributed by atoms with van der Waals surface area (Å²) in [6, 6.07) is 6.51. The molecule has 1 aromatic carbocycles. The lowest BCUT2D eigenvalue weighted by molar-refractivity contribution is -0.123. The molecule has 2 amide bonds. The monoisotopic (exact) mass is 413 g/mol. The van der Waals surface area contributed by atoms with Crippen LogP contribution in [0, 0.1) is 23.7 Å². The van der Waals surface area contributed by atoms with Crippen molar-refractivity contribution in [1.82, 2.24) is 0 Å². The third-order valence-corrected chi connectivity index (χ3v) is 8.32. The highest BCUT2D eigenvalue weighted by atomic mass is 79.9. The first-order valence-electron chi connectivity index (χ1n) is 6.96. The van der Waals surface area contributed by atoms with Gasteiger partial charge in [-0.1, -0.05) is 44.0 Å². The Balaban J connectivity index is 1.77. The second kappa shape index (κ2) is 4.56. The standard InChI is InChI=1S/C15H13Br2NO3/c16-12-6-5-7(13(12)17)11-10(6)14(20)18(15(11)21)8-3-1-2-4-9(8)19/h1-4,6-7,10-13,19H,5H2/t6-,7+,10-,11-,12-,13+/m0/s1. The van der Waals surface area contributed by atoms with Gasteiger partial charge < -0.3 is 5.11 Å². The fourth-order valence-electron chi connectivity index (χ4n) is 4.24. The minimum atomic E-state index is -0.250. The minimum absolute atomic E-state index is 0.0303. The molecular formula is C15H13Br2NO3. The topological polar surface area (TPSA) is 57.6 Å². The van der Waals surface area contributed by atoms with Crippen molar-refractivity contribution in [1.29, 1.82) is 0 Å². The molecule has 2 bridgehead atoms. The van der Waals surface area contributed by atoms with Gasteiger partial charge in [-0.2, -0.15) is 0 Å². The van der Waals surface area contributed by atoms with Crippen molar-refractivity contribution in [2.75, 3.05) is 4.90 Å². The Labute approximate surface area is 138 Å². The summed E-state index contributed by atoms with van der Waals surface area (Å²) in [6.07, 6.45) is 0.910. The third-order valence-electron chi connectivity index (χ3n) is 5.11. The summed E-state index contributed by atoms with van der Waals surface area (Å²) in [5, 5.41) is 9.96. The van der Waals surface area contributed by atoms with Crippen LogP contribution in [0.5, 0.6) is 5.75 Å². The molecule has 0 aromatic heterocycles. The fraction of sp³-hybridized carbons (Fsp3) is 0.467. The van der Waals surface area contributed by atoms with E-state index in [-0.39, 0.29) is 50.9 Å². The first kappa shape index (κ1) is 13.8. The van der Waals surface area contributed by atoms with Gasteiger partial charge in [-0.25, -0.2) is 4.90 Å². The molecule has 0 spiro atoms. The number of phenols is 1. The summed E-state index contributed by atoms with van der Waals surface area (Å²) in [7, 11) is 0. The number of anilines is 1. The molecule has 0 unspecified atom stereocenters. The van der Waals surface area contributed by atoms with Crippen LogP contribution < -0.4 is 4.90 Å². The maximum atomic E-state index is 12.7. The fourth-order valence-corrected chi connectivity index (χ4v) is 6.11. The smallest absolute Gasteiger partial charge is 0.238 e. The van der Waals surface area contributed by atoms with Crippen molar-refractivity contribution >= 4 is 49.4 Å². The van der Waals surface area contributed by atoms with Gasteiger partial charge in [0, 0.05) is 9.65 Å². The van der Waals surface area contributed by atoms with Crippen LogP contribution in [0.2, 0.25) is 0 Å². The van der Waals surface area contributed by atoms with Gasteiger partial charge in [0.1, 0.15) is 5.75 Å². The number of para-hydroxylation sites is 2. The molecule has 1 heterocycles. The number of carbonyl (C=O) groups excluding carboxylic acids is 2. The summed E-state index contributed by atoms with van der Waals surface area (Å²) in [4.78, 5) is 27.1. The van der Waals surface area contributed by atoms with E-state index in [1.54, 1.807) is 18.2 Å². The van der Waals surface area contributed by atoms with Crippen LogP contribution >= 0.6 is 31.9 Å². The first-order valence-corrected chi connectivity index (χ1v) is 8.79. The van der Waals surface area contributed by atoms with Crippen molar-refractivity contribution in [2.24, 2.45) is 23.7 Å². The molecule has 2 aliphatic carbocycles. The molecule has 4 rings (SSSR count). The molecule has 1 aliphatic heterocycles. The van der Waals surface area contributed by atoms with Gasteiger partial charge in [0.25, 0.3) is 0 Å². The molecule has 3 fully saturated rings. The third kappa shape index (κ3) is 1.66. The van der Waals surface area contributed by atoms with E-state index in [0.29, 0.717) is 5.69 Å². The number of alkyl halides is 2. The number of rotatable bonds is 1. The molecule has 1 aromatic rings. The van der Waals surface area contributed by atoms with E-state index < -0.39 is 0 Å². The lowest BCUT2D eigenvalue weighted by Gasteiger charge is -2.28. The predicted octanol–water partition coefficient (Wildman–Crippen LogP) is 2.67. The zero-order valence-electron chi connectivity index (χ0n) is 10.9. The molecular weight excluding hydrogens is 402 g/mol. The van der Waals surface area contributed by atoms with Gasteiger partial charge in [0.2, 0.25) is 11.8 Å². The molecule has 110 valence electrons. The predicted molar refractivity (Wildman–Crippen MR) is 84.6 cm³/mol. The quantitative estimate of drug-likeness (QED) is 0.567. The number of carbonyl (C=O) groups is 2. The molecule has 4 nitrogen and oxygen atoms in total. The summed E-state index contributed by atoms with van der Waals surface area (Å²) in [5.74, 6) is -0.475. The van der Waals surface area contributed by atoms with Crippen molar-refractivity contribution < 1.29 is 14.7 Å². The van der Waals surface area contributed by atoms with Crippen molar-refractivity contribution in [3.05, 3.63) is 24.3 Å². The van der Waals surface area contributed by atoms with E-state index in [0.717, 1.165) is 6.42 Å². The molecule has 6 heteroatoms. The molecule has 6 atom stereocenters. The van der Waals surface area contributed by atoms with Crippen molar-refractivity contribution in [2.45, 2.75) is 16.1 Å². The number of nitrogens with zero attached hydrogens (tertiary/aromatic N) is 1. The highest BCUT2D eigenvalue weighted by molar-refractivity contribution is 9.12. The number of imide groups is 1. The van der Waals surface area contributed by atoms with Gasteiger partial charge >= 0.3 is 0 Å². The van der Waals surface area contributed by atoms with E-state index in [9.17, 15) is 14.7 Å². The molecule has 3 aliphatic rings. The average molecular weight is 415 g/mol. The van der Waals surface area contributed by atoms with Crippen LogP contribution in [0.25, 0.3) is 0 Å². The SMILES string of the molecule is O=C1[C@H]2[C@@H]3C[C@@H]([C@@H](Br)[C@H]3Br)[C@@H]2C(=O)N1c1ccccc1O. The van der Waals surface area contributed by atoms with Gasteiger partial charge in [-0.05, 0) is 30.4 Å². The number of phenolic OH excluding ortho intramolecular Hbond substituents is 1. The van der Waals surface area contributed by atoms with E-state index in [1.807, 2.05) is 0 Å². The highest BCUT2D eigenvalue weighted by Crippen LogP contribution is 2.60. The van der Waals surface area contributed by atoms with Crippen LogP contribution in [0.4, 0.5) is 5.69 Å². The summed E-state index contributed by atoms with van der Waals surface area (Å²) < 4.78 is 0. The Bertz CT molecular complexity index is 618. The molecule has 2 saturated carbocycles. The maximum Gasteiger partial charge on any atom is 0.238 e. The molecule has 1 saturated heterocycles. The van der Waals surface area contributed by atoms with Gasteiger partial charge in [0.15, 0.2) is 0 Å². The minimum Gasteiger partial charge on any atom is -0.506 e. The largest absolute Gasteiger partial charge is 0.506 e. The molecule has 0 radical (unpaired) electrons. The van der Waals surface area contributed by atoms with Gasteiger partial charge in [0.05, 0.1) is 17.5 Å². The van der Waals surface area contributed by atoms with Gasteiger partial charge in [-0.15, -0.1) is 0 Å². The van der Waals surface area contributed by atoms with Gasteiger partial charge in [-0.3, -0.25) is 9.59 Å². The Kier molecular flexibility index (Phi) is 2.99.